The first-order valence-electron chi connectivity index (χ1n) is 3.88. The van der Waals surface area contributed by atoms with E-state index < -0.39 is 0 Å². The Bertz CT molecular complexity index is 163. The lowest BCUT2D eigenvalue weighted by molar-refractivity contribution is -0.118. The predicted molar refractivity (Wildman–Crippen MR) is 46.4 cm³/mol. The molecule has 0 spiro atoms. The highest BCUT2D eigenvalue weighted by Crippen LogP contribution is 2.02. The second kappa shape index (κ2) is 4.88. The minimum atomic E-state index is -0.118. The molecule has 0 radical (unpaired) electrons. The van der Waals surface area contributed by atoms with Crippen molar-refractivity contribution in [3.8, 4) is 0 Å². The van der Waals surface area contributed by atoms with Crippen LogP contribution in [0.4, 0.5) is 0 Å². The van der Waals surface area contributed by atoms with Crippen LogP contribution in [0, 0.1) is 5.92 Å². The fraction of sp³-hybridized carbons (Fsp3) is 0.750. The lowest BCUT2D eigenvalue weighted by atomic mass is 10.1. The van der Waals surface area contributed by atoms with Crippen molar-refractivity contribution in [1.82, 2.24) is 5.43 Å². The van der Waals surface area contributed by atoms with E-state index in [2.05, 4.69) is 24.4 Å². The third-order valence-electron chi connectivity index (χ3n) is 1.72. The standard InChI is InChI=1S/C8H16N2O/c1-5-6(2)7(3)9-10-8(4)11/h6H,5H2,1-4H3,(H,10,11)/b9-7+/t6-/m1/s1. The molecule has 0 fully saturated rings. The quantitative estimate of drug-likeness (QED) is 0.489. The summed E-state index contributed by atoms with van der Waals surface area (Å²) >= 11 is 0. The average Bonchev–Trinajstić information content (AvgIpc) is 1.98. The molecule has 0 heterocycles. The van der Waals surface area contributed by atoms with Gasteiger partial charge in [0.15, 0.2) is 0 Å². The summed E-state index contributed by atoms with van der Waals surface area (Å²) in [5, 5.41) is 3.91. The molecule has 1 N–H and O–H groups in total. The summed E-state index contributed by atoms with van der Waals surface area (Å²) in [6.07, 6.45) is 1.05. The van der Waals surface area contributed by atoms with Crippen LogP contribution in [0.2, 0.25) is 0 Å². The molecule has 0 aromatic rings. The highest BCUT2D eigenvalue weighted by molar-refractivity contribution is 5.85. The van der Waals surface area contributed by atoms with Gasteiger partial charge in [0.25, 0.3) is 0 Å². The summed E-state index contributed by atoms with van der Waals surface area (Å²) in [4.78, 5) is 10.4. The average molecular weight is 156 g/mol. The first-order valence-corrected chi connectivity index (χ1v) is 3.88. The molecule has 0 aliphatic carbocycles. The van der Waals surface area contributed by atoms with E-state index in [9.17, 15) is 4.79 Å². The summed E-state index contributed by atoms with van der Waals surface area (Å²) in [7, 11) is 0. The zero-order valence-corrected chi connectivity index (χ0v) is 7.64. The Morgan fingerprint density at radius 2 is 2.09 bits per heavy atom. The largest absolute Gasteiger partial charge is 0.274 e. The molecule has 3 nitrogen and oxygen atoms in total. The van der Waals surface area contributed by atoms with E-state index in [1.165, 1.54) is 6.92 Å². The van der Waals surface area contributed by atoms with Crippen molar-refractivity contribution in [2.24, 2.45) is 11.0 Å². The molecule has 1 amide bonds. The molecular formula is C8H16N2O. The van der Waals surface area contributed by atoms with Crippen LogP contribution < -0.4 is 5.43 Å². The molecule has 0 aromatic carbocycles. The van der Waals surface area contributed by atoms with Crippen LogP contribution in [-0.4, -0.2) is 11.6 Å². The molecule has 0 saturated carbocycles. The Hall–Kier alpha value is -0.860. The van der Waals surface area contributed by atoms with Gasteiger partial charge in [-0.2, -0.15) is 5.10 Å². The number of hydrogen-bond donors (Lipinski definition) is 1. The van der Waals surface area contributed by atoms with Crippen LogP contribution in [0.15, 0.2) is 5.10 Å². The van der Waals surface area contributed by atoms with Gasteiger partial charge >= 0.3 is 0 Å². The smallest absolute Gasteiger partial charge is 0.236 e. The van der Waals surface area contributed by atoms with Gasteiger partial charge in [0, 0.05) is 12.6 Å². The van der Waals surface area contributed by atoms with E-state index in [0.29, 0.717) is 5.92 Å². The number of hydrazone groups is 1. The number of rotatable bonds is 3. The first-order chi connectivity index (χ1) is 5.07. The zero-order chi connectivity index (χ0) is 8.85. The maximum absolute atomic E-state index is 10.4. The summed E-state index contributed by atoms with van der Waals surface area (Å²) in [5.41, 5.74) is 3.38. The molecule has 3 heteroatoms. The van der Waals surface area contributed by atoms with Crippen molar-refractivity contribution in [1.29, 1.82) is 0 Å². The summed E-state index contributed by atoms with van der Waals surface area (Å²) in [6.45, 7) is 7.55. The van der Waals surface area contributed by atoms with E-state index in [1.54, 1.807) is 0 Å². The van der Waals surface area contributed by atoms with Crippen molar-refractivity contribution < 1.29 is 4.79 Å². The topological polar surface area (TPSA) is 41.5 Å². The number of amides is 1. The van der Waals surface area contributed by atoms with Crippen LogP contribution in [-0.2, 0) is 4.79 Å². The van der Waals surface area contributed by atoms with Crippen LogP contribution in [0.1, 0.15) is 34.1 Å². The Labute approximate surface area is 67.9 Å². The summed E-state index contributed by atoms with van der Waals surface area (Å²) in [5.74, 6) is 0.328. The van der Waals surface area contributed by atoms with Gasteiger partial charge in [-0.05, 0) is 19.3 Å². The molecule has 11 heavy (non-hydrogen) atoms. The molecule has 0 saturated heterocycles. The van der Waals surface area contributed by atoms with Gasteiger partial charge in [-0.15, -0.1) is 0 Å². The normalized spacial score (nSPS) is 14.4. The van der Waals surface area contributed by atoms with Crippen LogP contribution in [0.5, 0.6) is 0 Å². The Balaban J connectivity index is 3.89. The van der Waals surface area contributed by atoms with E-state index in [1.807, 2.05) is 6.92 Å². The van der Waals surface area contributed by atoms with Gasteiger partial charge in [0.2, 0.25) is 5.91 Å². The lowest BCUT2D eigenvalue weighted by Gasteiger charge is -2.06. The molecule has 1 atom stereocenters. The van der Waals surface area contributed by atoms with Crippen molar-refractivity contribution >= 4 is 11.6 Å². The fourth-order valence-corrected chi connectivity index (χ4v) is 0.573. The number of nitrogens with zero attached hydrogens (tertiary/aromatic N) is 1. The van der Waals surface area contributed by atoms with Gasteiger partial charge < -0.3 is 0 Å². The molecular weight excluding hydrogens is 140 g/mol. The van der Waals surface area contributed by atoms with E-state index in [0.717, 1.165) is 12.1 Å². The number of carbonyl (C=O) groups excluding carboxylic acids is 1. The number of nitrogens with one attached hydrogen (secondary N) is 1. The maximum atomic E-state index is 10.4. The highest BCUT2D eigenvalue weighted by atomic mass is 16.2. The van der Waals surface area contributed by atoms with E-state index in [-0.39, 0.29) is 5.91 Å². The lowest BCUT2D eigenvalue weighted by Crippen LogP contribution is -2.17. The maximum Gasteiger partial charge on any atom is 0.236 e. The second-order valence-corrected chi connectivity index (χ2v) is 2.73. The van der Waals surface area contributed by atoms with Crippen molar-refractivity contribution in [3.63, 3.8) is 0 Å². The third kappa shape index (κ3) is 4.53. The molecule has 0 aliphatic heterocycles. The minimum absolute atomic E-state index is 0.118. The molecule has 0 aromatic heterocycles. The Kier molecular flexibility index (Phi) is 4.50. The van der Waals surface area contributed by atoms with Crippen molar-refractivity contribution in [2.45, 2.75) is 34.1 Å². The van der Waals surface area contributed by atoms with Gasteiger partial charge in [-0.3, -0.25) is 4.79 Å². The van der Waals surface area contributed by atoms with Crippen molar-refractivity contribution in [3.05, 3.63) is 0 Å². The Morgan fingerprint density at radius 1 is 1.55 bits per heavy atom. The van der Waals surface area contributed by atoms with Gasteiger partial charge in [-0.25, -0.2) is 5.43 Å². The monoisotopic (exact) mass is 156 g/mol. The van der Waals surface area contributed by atoms with Crippen LogP contribution in [0.25, 0.3) is 0 Å². The molecule has 0 unspecified atom stereocenters. The van der Waals surface area contributed by atoms with Crippen molar-refractivity contribution in [2.75, 3.05) is 0 Å². The molecule has 0 aliphatic rings. The fourth-order valence-electron chi connectivity index (χ4n) is 0.573. The second-order valence-electron chi connectivity index (χ2n) is 2.73. The van der Waals surface area contributed by atoms with Crippen LogP contribution >= 0.6 is 0 Å². The van der Waals surface area contributed by atoms with Gasteiger partial charge in [0.05, 0.1) is 0 Å². The summed E-state index contributed by atoms with van der Waals surface area (Å²) < 4.78 is 0. The number of hydrogen-bond acceptors (Lipinski definition) is 2. The molecule has 64 valence electrons. The van der Waals surface area contributed by atoms with Gasteiger partial charge in [0.1, 0.15) is 0 Å². The Morgan fingerprint density at radius 3 is 2.45 bits per heavy atom. The first kappa shape index (κ1) is 10.1. The van der Waals surface area contributed by atoms with E-state index in [4.69, 9.17) is 0 Å². The van der Waals surface area contributed by atoms with Gasteiger partial charge in [-0.1, -0.05) is 13.8 Å². The molecule has 0 bridgehead atoms. The number of carbonyl (C=O) groups is 1. The molecule has 0 rings (SSSR count). The highest BCUT2D eigenvalue weighted by Gasteiger charge is 2.01. The minimum Gasteiger partial charge on any atom is -0.274 e. The third-order valence-corrected chi connectivity index (χ3v) is 1.72. The summed E-state index contributed by atoms with van der Waals surface area (Å²) in [6, 6.07) is 0. The SMILES string of the molecule is CC[C@@H](C)/C(C)=N/NC(C)=O. The predicted octanol–water partition coefficient (Wildman–Crippen LogP) is 1.54. The zero-order valence-electron chi connectivity index (χ0n) is 7.64. The van der Waals surface area contributed by atoms with Crippen LogP contribution in [0.3, 0.4) is 0 Å². The van der Waals surface area contributed by atoms with E-state index >= 15 is 0 Å².